The zero-order valence-corrected chi connectivity index (χ0v) is 11.0. The monoisotopic (exact) mass is 278 g/mol. The molecule has 19 heavy (non-hydrogen) atoms. The number of hydrogen-bond donors (Lipinski definition) is 1. The Morgan fingerprint density at radius 3 is 2.11 bits per heavy atom. The third kappa shape index (κ3) is 3.63. The number of carboxylic acids is 1. The second kappa shape index (κ2) is 5.71. The van der Waals surface area contributed by atoms with Crippen LogP contribution in [0.15, 0.2) is 0 Å². The van der Waals surface area contributed by atoms with Crippen LogP contribution in [0.5, 0.6) is 0 Å². The van der Waals surface area contributed by atoms with Crippen molar-refractivity contribution >= 4 is 5.97 Å². The Morgan fingerprint density at radius 2 is 1.58 bits per heavy atom. The van der Waals surface area contributed by atoms with Crippen molar-refractivity contribution < 1.29 is 23.1 Å². The molecule has 0 bridgehead atoms. The second-order valence-corrected chi connectivity index (χ2v) is 6.12. The first-order valence-corrected chi connectivity index (χ1v) is 7.17. The second-order valence-electron chi connectivity index (χ2n) is 6.12. The summed E-state index contributed by atoms with van der Waals surface area (Å²) in [6.45, 7) is 0. The smallest absolute Gasteiger partial charge is 0.391 e. The molecular formula is C14H21F3O2. The third-order valence-corrected chi connectivity index (χ3v) is 4.97. The summed E-state index contributed by atoms with van der Waals surface area (Å²) in [6, 6.07) is 0. The molecule has 0 aromatic heterocycles. The van der Waals surface area contributed by atoms with Crippen LogP contribution in [-0.2, 0) is 4.79 Å². The van der Waals surface area contributed by atoms with Crippen LogP contribution < -0.4 is 0 Å². The maximum absolute atomic E-state index is 12.6. The van der Waals surface area contributed by atoms with Crippen LogP contribution >= 0.6 is 0 Å². The van der Waals surface area contributed by atoms with Gasteiger partial charge in [-0.1, -0.05) is 12.8 Å². The summed E-state index contributed by atoms with van der Waals surface area (Å²) >= 11 is 0. The van der Waals surface area contributed by atoms with Crippen molar-refractivity contribution in [3.8, 4) is 0 Å². The van der Waals surface area contributed by atoms with E-state index in [4.69, 9.17) is 5.11 Å². The summed E-state index contributed by atoms with van der Waals surface area (Å²) < 4.78 is 37.8. The van der Waals surface area contributed by atoms with Crippen molar-refractivity contribution in [1.29, 1.82) is 0 Å². The molecule has 2 fully saturated rings. The minimum absolute atomic E-state index is 0.225. The molecule has 0 amide bonds. The molecule has 0 aliphatic heterocycles. The van der Waals surface area contributed by atoms with Gasteiger partial charge in [0, 0.05) is 0 Å². The van der Waals surface area contributed by atoms with E-state index in [9.17, 15) is 18.0 Å². The molecule has 110 valence electrons. The maximum atomic E-state index is 12.6. The maximum Gasteiger partial charge on any atom is 0.391 e. The van der Waals surface area contributed by atoms with Gasteiger partial charge >= 0.3 is 12.1 Å². The molecule has 2 aliphatic rings. The van der Waals surface area contributed by atoms with E-state index in [1.807, 2.05) is 0 Å². The molecule has 0 heterocycles. The Kier molecular flexibility index (Phi) is 4.41. The van der Waals surface area contributed by atoms with Crippen LogP contribution in [0.25, 0.3) is 0 Å². The van der Waals surface area contributed by atoms with Crippen molar-refractivity contribution in [2.24, 2.45) is 23.7 Å². The molecule has 0 aromatic carbocycles. The van der Waals surface area contributed by atoms with Gasteiger partial charge in [0.05, 0.1) is 11.8 Å². The summed E-state index contributed by atoms with van der Waals surface area (Å²) in [5.74, 6) is -1.53. The van der Waals surface area contributed by atoms with Crippen LogP contribution in [-0.4, -0.2) is 17.3 Å². The lowest BCUT2D eigenvalue weighted by Gasteiger charge is -2.37. The van der Waals surface area contributed by atoms with Crippen molar-refractivity contribution in [3.63, 3.8) is 0 Å². The first kappa shape index (κ1) is 14.7. The van der Waals surface area contributed by atoms with E-state index in [-0.39, 0.29) is 18.8 Å². The van der Waals surface area contributed by atoms with Crippen LogP contribution in [0.4, 0.5) is 13.2 Å². The quantitative estimate of drug-likeness (QED) is 0.820. The number of hydrogen-bond acceptors (Lipinski definition) is 1. The fourth-order valence-electron chi connectivity index (χ4n) is 3.80. The summed E-state index contributed by atoms with van der Waals surface area (Å²) in [5, 5.41) is 9.05. The fraction of sp³-hybridized carbons (Fsp3) is 0.929. The van der Waals surface area contributed by atoms with E-state index < -0.39 is 18.1 Å². The topological polar surface area (TPSA) is 37.3 Å². The Morgan fingerprint density at radius 1 is 0.947 bits per heavy atom. The van der Waals surface area contributed by atoms with Crippen LogP contribution in [0.3, 0.4) is 0 Å². The van der Waals surface area contributed by atoms with Crippen LogP contribution in [0.2, 0.25) is 0 Å². The van der Waals surface area contributed by atoms with Gasteiger partial charge in [-0.15, -0.1) is 0 Å². The lowest BCUT2D eigenvalue weighted by molar-refractivity contribution is -0.185. The van der Waals surface area contributed by atoms with Crippen molar-refractivity contribution in [1.82, 2.24) is 0 Å². The predicted molar refractivity (Wildman–Crippen MR) is 64.6 cm³/mol. The summed E-state index contributed by atoms with van der Waals surface area (Å²) in [4.78, 5) is 11.0. The highest BCUT2D eigenvalue weighted by Crippen LogP contribution is 2.45. The number of carboxylic acid groups (broad SMARTS) is 1. The minimum atomic E-state index is -4.05. The highest BCUT2D eigenvalue weighted by atomic mass is 19.4. The van der Waals surface area contributed by atoms with Crippen molar-refractivity contribution in [2.75, 3.05) is 0 Å². The van der Waals surface area contributed by atoms with Gasteiger partial charge in [0.2, 0.25) is 0 Å². The molecule has 0 spiro atoms. The lowest BCUT2D eigenvalue weighted by Crippen LogP contribution is -2.33. The molecule has 0 aromatic rings. The molecule has 1 N–H and O–H groups in total. The molecule has 2 aliphatic carbocycles. The van der Waals surface area contributed by atoms with Crippen LogP contribution in [0.1, 0.15) is 51.4 Å². The lowest BCUT2D eigenvalue weighted by atomic mass is 9.68. The summed E-state index contributed by atoms with van der Waals surface area (Å²) in [6.07, 6.45) is 0.903. The SMILES string of the molecule is O=C(O)C1CCCC(C2CCC(C(F)(F)F)CC2)C1. The number of carbonyl (C=O) groups is 1. The average molecular weight is 278 g/mol. The van der Waals surface area contributed by atoms with Gasteiger partial charge in [-0.25, -0.2) is 0 Å². The third-order valence-electron chi connectivity index (χ3n) is 4.97. The Labute approximate surface area is 111 Å². The standard InChI is InChI=1S/C14H21F3O2/c15-14(16,17)12-6-4-9(5-7-12)10-2-1-3-11(8-10)13(18)19/h9-12H,1-8H2,(H,18,19). The fourth-order valence-corrected chi connectivity index (χ4v) is 3.80. The molecule has 2 saturated carbocycles. The molecule has 2 nitrogen and oxygen atoms in total. The molecule has 2 unspecified atom stereocenters. The van der Waals surface area contributed by atoms with E-state index in [1.165, 1.54) is 0 Å². The number of alkyl halides is 3. The van der Waals surface area contributed by atoms with Gasteiger partial charge in [-0.2, -0.15) is 13.2 Å². The first-order valence-electron chi connectivity index (χ1n) is 7.17. The van der Waals surface area contributed by atoms with E-state index in [0.29, 0.717) is 31.1 Å². The van der Waals surface area contributed by atoms with Crippen LogP contribution in [0, 0.1) is 23.7 Å². The largest absolute Gasteiger partial charge is 0.481 e. The summed E-state index contributed by atoms with van der Waals surface area (Å²) in [5.41, 5.74) is 0. The Bertz CT molecular complexity index is 319. The van der Waals surface area contributed by atoms with Gasteiger partial charge < -0.3 is 5.11 Å². The minimum Gasteiger partial charge on any atom is -0.481 e. The average Bonchev–Trinajstić information content (AvgIpc) is 2.38. The first-order chi connectivity index (χ1) is 8.88. The zero-order chi connectivity index (χ0) is 14.0. The van der Waals surface area contributed by atoms with Gasteiger partial charge in [0.15, 0.2) is 0 Å². The normalized spacial score (nSPS) is 37.0. The van der Waals surface area contributed by atoms with E-state index in [0.717, 1.165) is 19.3 Å². The van der Waals surface area contributed by atoms with Gasteiger partial charge in [0.25, 0.3) is 0 Å². The van der Waals surface area contributed by atoms with Gasteiger partial charge in [-0.05, 0) is 50.4 Å². The van der Waals surface area contributed by atoms with E-state index in [2.05, 4.69) is 0 Å². The number of rotatable bonds is 2. The molecule has 2 atom stereocenters. The molecule has 5 heteroatoms. The Balaban J connectivity index is 1.86. The highest BCUT2D eigenvalue weighted by Gasteiger charge is 2.43. The van der Waals surface area contributed by atoms with Crippen molar-refractivity contribution in [2.45, 2.75) is 57.5 Å². The molecule has 0 saturated heterocycles. The highest BCUT2D eigenvalue weighted by molar-refractivity contribution is 5.70. The number of aliphatic carboxylic acids is 1. The number of halogens is 3. The van der Waals surface area contributed by atoms with E-state index in [1.54, 1.807) is 0 Å². The summed E-state index contributed by atoms with van der Waals surface area (Å²) in [7, 11) is 0. The van der Waals surface area contributed by atoms with Crippen molar-refractivity contribution in [3.05, 3.63) is 0 Å². The zero-order valence-electron chi connectivity index (χ0n) is 11.0. The van der Waals surface area contributed by atoms with Gasteiger partial charge in [-0.3, -0.25) is 4.79 Å². The molecule has 0 radical (unpaired) electrons. The van der Waals surface area contributed by atoms with Gasteiger partial charge in [0.1, 0.15) is 0 Å². The Hall–Kier alpha value is -0.740. The predicted octanol–water partition coefficient (Wildman–Crippen LogP) is 4.25. The van der Waals surface area contributed by atoms with E-state index >= 15 is 0 Å². The molecule has 2 rings (SSSR count). The molecular weight excluding hydrogens is 257 g/mol.